The van der Waals surface area contributed by atoms with Crippen molar-refractivity contribution in [3.05, 3.63) is 52.4 Å². The van der Waals surface area contributed by atoms with Gasteiger partial charge in [0.2, 0.25) is 0 Å². The Labute approximate surface area is 175 Å². The first-order valence-electron chi connectivity index (χ1n) is 9.66. The number of hydrogen-bond donors (Lipinski definition) is 1. The molecule has 8 nitrogen and oxygen atoms in total. The number of rotatable bonds is 8. The van der Waals surface area contributed by atoms with Gasteiger partial charge in [0.05, 0.1) is 43.1 Å². The lowest BCUT2D eigenvalue weighted by Gasteiger charge is -2.32. The third-order valence-electron chi connectivity index (χ3n) is 4.51. The fourth-order valence-electron chi connectivity index (χ4n) is 3.33. The molecular formula is C22H27NO7. The van der Waals surface area contributed by atoms with Crippen molar-refractivity contribution in [2.75, 3.05) is 26.9 Å². The van der Waals surface area contributed by atoms with Crippen LogP contribution in [0.4, 0.5) is 0 Å². The number of methoxy groups -OCH3 is 1. The second-order valence-corrected chi connectivity index (χ2v) is 6.45. The van der Waals surface area contributed by atoms with Crippen molar-refractivity contribution in [1.29, 1.82) is 0 Å². The molecule has 0 bridgehead atoms. The largest absolute Gasteiger partial charge is 0.496 e. The summed E-state index contributed by atoms with van der Waals surface area (Å²) in [5.41, 5.74) is 1.84. The molecule has 30 heavy (non-hydrogen) atoms. The molecule has 1 aromatic carbocycles. The molecule has 0 amide bonds. The van der Waals surface area contributed by atoms with Crippen molar-refractivity contribution in [1.82, 2.24) is 5.32 Å². The zero-order valence-electron chi connectivity index (χ0n) is 17.9. The Bertz CT molecular complexity index is 885. The van der Waals surface area contributed by atoms with E-state index in [0.717, 1.165) is 0 Å². The number of esters is 3. The number of para-hydroxylation sites is 1. The van der Waals surface area contributed by atoms with Crippen LogP contribution in [0.15, 0.2) is 46.8 Å². The molecule has 1 aliphatic rings. The monoisotopic (exact) mass is 417 g/mol. The van der Waals surface area contributed by atoms with Gasteiger partial charge in [0, 0.05) is 18.2 Å². The lowest BCUT2D eigenvalue weighted by molar-refractivity contribution is -0.142. The van der Waals surface area contributed by atoms with Crippen molar-refractivity contribution in [3.63, 3.8) is 0 Å². The average Bonchev–Trinajstić information content (AvgIpc) is 2.71. The molecule has 1 atom stereocenters. The molecule has 0 saturated carbocycles. The van der Waals surface area contributed by atoms with Crippen LogP contribution in [0.25, 0.3) is 0 Å². The number of hydrogen-bond acceptors (Lipinski definition) is 8. The number of ether oxygens (including phenoxy) is 4. The number of allylic oxidation sites excluding steroid dienone is 1. The second kappa shape index (κ2) is 10.5. The van der Waals surface area contributed by atoms with Gasteiger partial charge in [-0.3, -0.25) is 4.79 Å². The summed E-state index contributed by atoms with van der Waals surface area (Å²) in [7, 11) is 1.51. The van der Waals surface area contributed by atoms with Gasteiger partial charge in [-0.25, -0.2) is 9.59 Å². The van der Waals surface area contributed by atoms with E-state index in [9.17, 15) is 14.4 Å². The summed E-state index contributed by atoms with van der Waals surface area (Å²) < 4.78 is 21.2. The molecule has 1 unspecified atom stereocenters. The third kappa shape index (κ3) is 5.00. The molecule has 1 aliphatic heterocycles. The number of dihydropyridines is 1. The zero-order valence-corrected chi connectivity index (χ0v) is 17.9. The molecule has 1 N–H and O–H groups in total. The molecule has 0 aliphatic carbocycles. The van der Waals surface area contributed by atoms with Crippen LogP contribution in [-0.2, 0) is 28.6 Å². The molecule has 0 fully saturated rings. The summed E-state index contributed by atoms with van der Waals surface area (Å²) in [6, 6.07) is 7.08. The number of benzene rings is 1. The van der Waals surface area contributed by atoms with Gasteiger partial charge in [-0.05, 0) is 26.8 Å². The van der Waals surface area contributed by atoms with Crippen LogP contribution in [0.5, 0.6) is 5.75 Å². The minimum atomic E-state index is -0.828. The maximum Gasteiger partial charge on any atom is 0.336 e. The lowest BCUT2D eigenvalue weighted by Crippen LogP contribution is -2.35. The lowest BCUT2D eigenvalue weighted by atomic mass is 9.80. The molecule has 1 aromatic rings. The zero-order chi connectivity index (χ0) is 22.3. The van der Waals surface area contributed by atoms with Gasteiger partial charge < -0.3 is 24.3 Å². The van der Waals surface area contributed by atoms with Crippen molar-refractivity contribution in [3.8, 4) is 5.75 Å². The fraction of sp³-hybridized carbons (Fsp3) is 0.409. The van der Waals surface area contributed by atoms with E-state index >= 15 is 0 Å². The van der Waals surface area contributed by atoms with Gasteiger partial charge in [0.25, 0.3) is 0 Å². The smallest absolute Gasteiger partial charge is 0.336 e. The molecular weight excluding hydrogens is 390 g/mol. The topological polar surface area (TPSA) is 100 Å². The van der Waals surface area contributed by atoms with Crippen molar-refractivity contribution in [2.24, 2.45) is 0 Å². The molecule has 0 spiro atoms. The normalized spacial score (nSPS) is 16.0. The van der Waals surface area contributed by atoms with Gasteiger partial charge >= 0.3 is 17.9 Å². The average molecular weight is 417 g/mol. The van der Waals surface area contributed by atoms with Crippen LogP contribution < -0.4 is 10.1 Å². The summed E-state index contributed by atoms with van der Waals surface area (Å²) in [4.78, 5) is 37.2. The molecule has 162 valence electrons. The highest BCUT2D eigenvalue weighted by Gasteiger charge is 2.40. The highest BCUT2D eigenvalue weighted by molar-refractivity contribution is 6.00. The maximum absolute atomic E-state index is 13.0. The van der Waals surface area contributed by atoms with Crippen LogP contribution in [0.3, 0.4) is 0 Å². The Balaban J connectivity index is 2.75. The van der Waals surface area contributed by atoms with Crippen LogP contribution in [0.2, 0.25) is 0 Å². The predicted molar refractivity (Wildman–Crippen MR) is 108 cm³/mol. The van der Waals surface area contributed by atoms with Gasteiger partial charge in [-0.1, -0.05) is 18.2 Å². The van der Waals surface area contributed by atoms with Crippen molar-refractivity contribution < 1.29 is 33.3 Å². The van der Waals surface area contributed by atoms with Crippen molar-refractivity contribution >= 4 is 17.9 Å². The molecule has 8 heteroatoms. The number of carbonyl (C=O) groups is 3. The minimum absolute atomic E-state index is 0.138. The van der Waals surface area contributed by atoms with Crippen LogP contribution >= 0.6 is 0 Å². The Morgan fingerprint density at radius 2 is 1.57 bits per heavy atom. The molecule has 1 heterocycles. The highest BCUT2D eigenvalue weighted by Crippen LogP contribution is 2.42. The SMILES string of the molecule is CCOC(=O)C1=C(C)NC(COC(C)=O)=C(C(=O)OCC)C1c1ccccc1OC. The van der Waals surface area contributed by atoms with Gasteiger partial charge in [-0.2, -0.15) is 0 Å². The maximum atomic E-state index is 13.0. The predicted octanol–water partition coefficient (Wildman–Crippen LogP) is 2.60. The van der Waals surface area contributed by atoms with E-state index in [1.807, 2.05) is 0 Å². The quantitative estimate of drug-likeness (QED) is 0.509. The molecule has 2 rings (SSSR count). The Morgan fingerprint density at radius 1 is 0.967 bits per heavy atom. The summed E-state index contributed by atoms with van der Waals surface area (Å²) in [6.07, 6.45) is 0. The Hall–Kier alpha value is -3.29. The summed E-state index contributed by atoms with van der Waals surface area (Å²) >= 11 is 0. The molecule has 0 saturated heterocycles. The van der Waals surface area contributed by atoms with Crippen LogP contribution in [0, 0.1) is 0 Å². The van der Waals surface area contributed by atoms with Gasteiger partial charge in [-0.15, -0.1) is 0 Å². The van der Waals surface area contributed by atoms with Gasteiger partial charge in [0.1, 0.15) is 12.4 Å². The second-order valence-electron chi connectivity index (χ2n) is 6.45. The summed E-state index contributed by atoms with van der Waals surface area (Å²) in [5, 5.41) is 3.03. The van der Waals surface area contributed by atoms with Crippen LogP contribution in [0.1, 0.15) is 39.2 Å². The van der Waals surface area contributed by atoms with E-state index < -0.39 is 23.8 Å². The van der Waals surface area contributed by atoms with Gasteiger partial charge in [0.15, 0.2) is 0 Å². The van der Waals surface area contributed by atoms with E-state index in [4.69, 9.17) is 18.9 Å². The van der Waals surface area contributed by atoms with E-state index in [1.165, 1.54) is 14.0 Å². The Kier molecular flexibility index (Phi) is 8.03. The summed E-state index contributed by atoms with van der Waals surface area (Å²) in [5.74, 6) is -2.03. The first-order chi connectivity index (χ1) is 14.3. The van der Waals surface area contributed by atoms with Crippen LogP contribution in [-0.4, -0.2) is 44.8 Å². The first kappa shape index (κ1) is 23.0. The Morgan fingerprint density at radius 3 is 2.13 bits per heavy atom. The summed E-state index contributed by atoms with van der Waals surface area (Å²) in [6.45, 7) is 6.50. The van der Waals surface area contributed by atoms with E-state index in [2.05, 4.69) is 5.32 Å². The standard InChI is InChI=1S/C22H27NO7/c1-6-28-21(25)18-13(3)23-16(12-30-14(4)24)20(22(26)29-7-2)19(18)15-10-8-9-11-17(15)27-5/h8-11,19,23H,6-7,12H2,1-5H3. The highest BCUT2D eigenvalue weighted by atomic mass is 16.5. The van der Waals surface area contributed by atoms with E-state index in [0.29, 0.717) is 22.7 Å². The van der Waals surface area contributed by atoms with Crippen molar-refractivity contribution in [2.45, 2.75) is 33.6 Å². The van der Waals surface area contributed by atoms with E-state index in [1.54, 1.807) is 45.0 Å². The van der Waals surface area contributed by atoms with E-state index in [-0.39, 0.29) is 31.0 Å². The first-order valence-corrected chi connectivity index (χ1v) is 9.66. The fourth-order valence-corrected chi connectivity index (χ4v) is 3.33. The molecule has 0 aromatic heterocycles. The third-order valence-corrected chi connectivity index (χ3v) is 4.51. The minimum Gasteiger partial charge on any atom is -0.496 e. The molecule has 0 radical (unpaired) electrons. The number of carbonyl (C=O) groups excluding carboxylic acids is 3. The number of nitrogens with one attached hydrogen (secondary N) is 1.